The highest BCUT2D eigenvalue weighted by molar-refractivity contribution is 5.23. The Morgan fingerprint density at radius 2 is 2.40 bits per heavy atom. The van der Waals surface area contributed by atoms with Gasteiger partial charge in [0.25, 0.3) is 0 Å². The number of hydrogen-bond donors (Lipinski definition) is 1. The van der Waals surface area contributed by atoms with E-state index < -0.39 is 0 Å². The van der Waals surface area contributed by atoms with Crippen molar-refractivity contribution in [1.82, 2.24) is 9.55 Å². The van der Waals surface area contributed by atoms with E-state index in [4.69, 9.17) is 10.5 Å². The average Bonchev–Trinajstić information content (AvgIpc) is 2.54. The zero-order valence-corrected chi connectivity index (χ0v) is 9.49. The lowest BCUT2D eigenvalue weighted by atomic mass is 9.97. The molecule has 84 valence electrons. The lowest BCUT2D eigenvalue weighted by Gasteiger charge is -2.19. The quantitative estimate of drug-likeness (QED) is 0.806. The first-order valence-electron chi connectivity index (χ1n) is 5.53. The molecule has 1 atom stereocenters. The van der Waals surface area contributed by atoms with E-state index in [9.17, 15) is 0 Å². The summed E-state index contributed by atoms with van der Waals surface area (Å²) in [6.07, 6.45) is 4.18. The number of nitrogens with two attached hydrogens (primary N) is 1. The highest BCUT2D eigenvalue weighted by atomic mass is 16.5. The van der Waals surface area contributed by atoms with Gasteiger partial charge in [0, 0.05) is 26.6 Å². The molecule has 0 bridgehead atoms. The number of rotatable bonds is 3. The maximum absolute atomic E-state index is 6.10. The summed E-state index contributed by atoms with van der Waals surface area (Å²) in [6.45, 7) is 0.721. The van der Waals surface area contributed by atoms with Crippen molar-refractivity contribution in [2.45, 2.75) is 31.7 Å². The molecular formula is C11H19N3O. The van der Waals surface area contributed by atoms with Gasteiger partial charge in [-0.3, -0.25) is 0 Å². The third-order valence-electron chi connectivity index (χ3n) is 3.12. The van der Waals surface area contributed by atoms with Crippen LogP contribution in [-0.2, 0) is 24.6 Å². The van der Waals surface area contributed by atoms with Crippen LogP contribution in [0.15, 0.2) is 0 Å². The molecular weight excluding hydrogens is 190 g/mol. The molecule has 0 radical (unpaired) electrons. The van der Waals surface area contributed by atoms with Crippen molar-refractivity contribution in [3.63, 3.8) is 0 Å². The van der Waals surface area contributed by atoms with Gasteiger partial charge >= 0.3 is 0 Å². The highest BCUT2D eigenvalue weighted by Crippen LogP contribution is 2.27. The Kier molecular flexibility index (Phi) is 3.07. The van der Waals surface area contributed by atoms with E-state index in [1.54, 1.807) is 7.11 Å². The standard InChI is InChI=1S/C11H19N3O/c1-14-10(6-7-15-2)13-9-5-3-4-8(12)11(9)14/h8H,3-7,12H2,1-2H3. The van der Waals surface area contributed by atoms with Crippen molar-refractivity contribution in [1.29, 1.82) is 0 Å². The van der Waals surface area contributed by atoms with E-state index in [1.807, 2.05) is 0 Å². The Labute approximate surface area is 90.4 Å². The first-order chi connectivity index (χ1) is 7.24. The van der Waals surface area contributed by atoms with Crippen molar-refractivity contribution >= 4 is 0 Å². The van der Waals surface area contributed by atoms with Crippen LogP contribution in [0, 0.1) is 0 Å². The van der Waals surface area contributed by atoms with E-state index in [0.717, 1.165) is 38.1 Å². The van der Waals surface area contributed by atoms with Crippen LogP contribution in [0.5, 0.6) is 0 Å². The van der Waals surface area contributed by atoms with Crippen molar-refractivity contribution in [3.05, 3.63) is 17.2 Å². The van der Waals surface area contributed by atoms with Gasteiger partial charge in [-0.05, 0) is 19.3 Å². The lowest BCUT2D eigenvalue weighted by molar-refractivity contribution is 0.199. The molecule has 0 saturated heterocycles. The summed E-state index contributed by atoms with van der Waals surface area (Å²) in [6, 6.07) is 0.169. The highest BCUT2D eigenvalue weighted by Gasteiger charge is 2.23. The van der Waals surface area contributed by atoms with Crippen molar-refractivity contribution < 1.29 is 4.74 Å². The van der Waals surface area contributed by atoms with Gasteiger partial charge in [0.15, 0.2) is 0 Å². The van der Waals surface area contributed by atoms with E-state index in [-0.39, 0.29) is 6.04 Å². The van der Waals surface area contributed by atoms with Crippen LogP contribution < -0.4 is 5.73 Å². The monoisotopic (exact) mass is 209 g/mol. The zero-order valence-electron chi connectivity index (χ0n) is 9.49. The fourth-order valence-corrected chi connectivity index (χ4v) is 2.31. The number of aryl methyl sites for hydroxylation is 1. The predicted molar refractivity (Wildman–Crippen MR) is 58.7 cm³/mol. The average molecular weight is 209 g/mol. The summed E-state index contributed by atoms with van der Waals surface area (Å²) < 4.78 is 7.23. The Morgan fingerprint density at radius 1 is 1.60 bits per heavy atom. The van der Waals surface area contributed by atoms with Crippen LogP contribution >= 0.6 is 0 Å². The summed E-state index contributed by atoms with van der Waals surface area (Å²) in [5.74, 6) is 1.10. The first kappa shape index (κ1) is 10.6. The third kappa shape index (κ3) is 1.92. The summed E-state index contributed by atoms with van der Waals surface area (Å²) >= 11 is 0. The molecule has 4 nitrogen and oxygen atoms in total. The van der Waals surface area contributed by atoms with E-state index in [2.05, 4.69) is 16.6 Å². The molecule has 15 heavy (non-hydrogen) atoms. The predicted octanol–water partition coefficient (Wildman–Crippen LogP) is 0.945. The number of imidazole rings is 1. The molecule has 0 spiro atoms. The fraction of sp³-hybridized carbons (Fsp3) is 0.727. The molecule has 0 aromatic carbocycles. The van der Waals surface area contributed by atoms with Gasteiger partial charge in [-0.1, -0.05) is 0 Å². The molecule has 0 fully saturated rings. The number of aromatic nitrogens is 2. The first-order valence-corrected chi connectivity index (χ1v) is 5.53. The Morgan fingerprint density at radius 3 is 3.07 bits per heavy atom. The van der Waals surface area contributed by atoms with Crippen LogP contribution in [0.1, 0.15) is 36.1 Å². The molecule has 4 heteroatoms. The smallest absolute Gasteiger partial charge is 0.111 e. The Hall–Kier alpha value is -0.870. The molecule has 1 aromatic rings. The SMILES string of the molecule is COCCc1nc2c(n1C)C(N)CCC2. The Balaban J connectivity index is 2.27. The Bertz CT molecular complexity index is 346. The van der Waals surface area contributed by atoms with E-state index in [0.29, 0.717) is 0 Å². The van der Waals surface area contributed by atoms with Crippen molar-refractivity contribution in [2.75, 3.05) is 13.7 Å². The topological polar surface area (TPSA) is 53.1 Å². The van der Waals surface area contributed by atoms with Gasteiger partial charge in [-0.25, -0.2) is 4.98 Å². The number of methoxy groups -OCH3 is 1. The molecule has 1 aliphatic carbocycles. The number of ether oxygens (including phenoxy) is 1. The minimum atomic E-state index is 0.169. The lowest BCUT2D eigenvalue weighted by Crippen LogP contribution is -2.20. The second kappa shape index (κ2) is 4.33. The zero-order chi connectivity index (χ0) is 10.8. The van der Waals surface area contributed by atoms with Crippen LogP contribution in [0.2, 0.25) is 0 Å². The molecule has 2 rings (SSSR count). The molecule has 0 saturated carbocycles. The molecule has 1 aliphatic rings. The maximum Gasteiger partial charge on any atom is 0.111 e. The second-order valence-corrected chi connectivity index (χ2v) is 4.16. The number of nitrogens with zero attached hydrogens (tertiary/aromatic N) is 2. The molecule has 0 aliphatic heterocycles. The van der Waals surface area contributed by atoms with Gasteiger partial charge < -0.3 is 15.0 Å². The third-order valence-corrected chi connectivity index (χ3v) is 3.12. The normalized spacial score (nSPS) is 20.3. The van der Waals surface area contributed by atoms with Crippen LogP contribution in [0.3, 0.4) is 0 Å². The number of hydrogen-bond acceptors (Lipinski definition) is 3. The van der Waals surface area contributed by atoms with Crippen LogP contribution in [-0.4, -0.2) is 23.3 Å². The van der Waals surface area contributed by atoms with Gasteiger partial charge in [0.05, 0.1) is 18.0 Å². The van der Waals surface area contributed by atoms with Crippen molar-refractivity contribution in [3.8, 4) is 0 Å². The van der Waals surface area contributed by atoms with Gasteiger partial charge in [-0.2, -0.15) is 0 Å². The molecule has 0 amide bonds. The second-order valence-electron chi connectivity index (χ2n) is 4.16. The largest absolute Gasteiger partial charge is 0.384 e. The molecule has 2 N–H and O–H groups in total. The van der Waals surface area contributed by atoms with E-state index in [1.165, 1.54) is 11.4 Å². The van der Waals surface area contributed by atoms with Crippen LogP contribution in [0.25, 0.3) is 0 Å². The van der Waals surface area contributed by atoms with Gasteiger partial charge in [-0.15, -0.1) is 0 Å². The van der Waals surface area contributed by atoms with Crippen molar-refractivity contribution in [2.24, 2.45) is 12.8 Å². The van der Waals surface area contributed by atoms with Crippen LogP contribution in [0.4, 0.5) is 0 Å². The summed E-state index contributed by atoms with van der Waals surface area (Å²) in [4.78, 5) is 4.64. The molecule has 1 unspecified atom stereocenters. The summed E-state index contributed by atoms with van der Waals surface area (Å²) in [5.41, 5.74) is 8.52. The number of fused-ring (bicyclic) bond motifs is 1. The minimum absolute atomic E-state index is 0.169. The van der Waals surface area contributed by atoms with Gasteiger partial charge in [0.1, 0.15) is 5.82 Å². The van der Waals surface area contributed by atoms with E-state index >= 15 is 0 Å². The minimum Gasteiger partial charge on any atom is -0.384 e. The molecule has 1 aromatic heterocycles. The summed E-state index contributed by atoms with van der Waals surface area (Å²) in [7, 11) is 3.77. The maximum atomic E-state index is 6.10. The fourth-order valence-electron chi connectivity index (χ4n) is 2.31. The summed E-state index contributed by atoms with van der Waals surface area (Å²) in [5, 5.41) is 0. The van der Waals surface area contributed by atoms with Gasteiger partial charge in [0.2, 0.25) is 0 Å². The molecule has 1 heterocycles.